The van der Waals surface area contributed by atoms with Crippen LogP contribution >= 0.6 is 0 Å². The molecule has 0 saturated carbocycles. The molecule has 174 valence electrons. The van der Waals surface area contributed by atoms with Gasteiger partial charge in [-0.15, -0.1) is 0 Å². The molecule has 0 saturated heterocycles. The largest absolute Gasteiger partial charge is 0.375 e. The Labute approximate surface area is 202 Å². The third-order valence-corrected chi connectivity index (χ3v) is 6.89. The highest BCUT2D eigenvalue weighted by Crippen LogP contribution is 2.35. The zero-order valence-electron chi connectivity index (χ0n) is 18.8. The third-order valence-electron chi connectivity index (χ3n) is 5.76. The van der Waals surface area contributed by atoms with E-state index in [0.29, 0.717) is 34.0 Å². The number of sulfone groups is 1. The van der Waals surface area contributed by atoms with E-state index < -0.39 is 21.3 Å². The lowest BCUT2D eigenvalue weighted by Crippen LogP contribution is -2.30. The average molecular weight is 485 g/mol. The molecule has 0 bridgehead atoms. The molecule has 1 amide bonds. The fourth-order valence-corrected chi connectivity index (χ4v) is 4.44. The molecule has 8 nitrogen and oxygen atoms in total. The molecule has 3 heterocycles. The predicted octanol–water partition coefficient (Wildman–Crippen LogP) is 3.34. The number of hydrogen-bond acceptors (Lipinski definition) is 7. The first-order valence-electron chi connectivity index (χ1n) is 10.6. The second-order valence-corrected chi connectivity index (χ2v) is 10.4. The van der Waals surface area contributed by atoms with Gasteiger partial charge in [-0.25, -0.2) is 18.4 Å². The average Bonchev–Trinajstić information content (AvgIpc) is 3.05. The summed E-state index contributed by atoms with van der Waals surface area (Å²) in [5.74, 6) is 6.25. The van der Waals surface area contributed by atoms with E-state index in [0.717, 1.165) is 17.0 Å². The van der Waals surface area contributed by atoms with Crippen LogP contribution in [0.25, 0.3) is 10.8 Å². The number of carbonyl (C=O) groups excluding carboxylic acids is 1. The van der Waals surface area contributed by atoms with Gasteiger partial charge in [-0.05, 0) is 61.4 Å². The van der Waals surface area contributed by atoms with E-state index in [1.54, 1.807) is 42.7 Å². The van der Waals surface area contributed by atoms with Crippen LogP contribution in [0.2, 0.25) is 0 Å². The molecule has 2 aromatic heterocycles. The van der Waals surface area contributed by atoms with Crippen LogP contribution < -0.4 is 10.6 Å². The van der Waals surface area contributed by atoms with E-state index >= 15 is 0 Å². The highest BCUT2D eigenvalue weighted by Gasteiger charge is 2.40. The normalized spacial score (nSPS) is 16.8. The van der Waals surface area contributed by atoms with Crippen molar-refractivity contribution in [3.05, 3.63) is 83.8 Å². The van der Waals surface area contributed by atoms with Crippen molar-refractivity contribution in [3.8, 4) is 11.8 Å². The van der Waals surface area contributed by atoms with Gasteiger partial charge in [0.2, 0.25) is 0 Å². The number of benzene rings is 2. The standard InChI is InChI=1S/C26H20N4O4S/c1-26(32)21-9-3-16(13-23(21)30-25(26)31)4-10-22-20-14-24(28-15-17(20)11-12-27-22)29-18-5-7-19(8-6-18)35(2,33)34/h3,5-9,11-15,32H,1-2H3,(H,28,29)(H,30,31)/t26-/m1/s1. The number of aromatic nitrogens is 2. The van der Waals surface area contributed by atoms with Gasteiger partial charge in [0, 0.05) is 51.9 Å². The second kappa shape index (κ2) is 8.20. The molecule has 3 N–H and O–H groups in total. The summed E-state index contributed by atoms with van der Waals surface area (Å²) in [5, 5.41) is 17.8. The Bertz CT molecular complexity index is 1670. The number of aliphatic hydroxyl groups is 1. The van der Waals surface area contributed by atoms with E-state index in [9.17, 15) is 18.3 Å². The number of carbonyl (C=O) groups is 1. The summed E-state index contributed by atoms with van der Waals surface area (Å²) in [6, 6.07) is 15.3. The minimum atomic E-state index is -3.27. The molecule has 0 unspecified atom stereocenters. The monoisotopic (exact) mass is 484 g/mol. The molecule has 35 heavy (non-hydrogen) atoms. The van der Waals surface area contributed by atoms with Crippen molar-refractivity contribution in [3.63, 3.8) is 0 Å². The number of pyridine rings is 2. The van der Waals surface area contributed by atoms with E-state index in [1.807, 2.05) is 12.1 Å². The summed E-state index contributed by atoms with van der Waals surface area (Å²) in [6.45, 7) is 1.46. The van der Waals surface area contributed by atoms with Gasteiger partial charge >= 0.3 is 0 Å². The number of nitrogens with zero attached hydrogens (tertiary/aromatic N) is 2. The fourth-order valence-electron chi connectivity index (χ4n) is 3.81. The molecule has 5 rings (SSSR count). The van der Waals surface area contributed by atoms with Crippen LogP contribution in [0.5, 0.6) is 0 Å². The smallest absolute Gasteiger partial charge is 0.260 e. The number of anilines is 3. The Morgan fingerprint density at radius 3 is 2.54 bits per heavy atom. The fraction of sp³-hybridized carbons (Fsp3) is 0.115. The van der Waals surface area contributed by atoms with E-state index in [4.69, 9.17) is 0 Å². The lowest BCUT2D eigenvalue weighted by atomic mass is 9.97. The summed E-state index contributed by atoms with van der Waals surface area (Å²) in [4.78, 5) is 21.0. The van der Waals surface area contributed by atoms with Gasteiger partial charge < -0.3 is 15.7 Å². The number of hydrogen-bond donors (Lipinski definition) is 3. The molecule has 9 heteroatoms. The topological polar surface area (TPSA) is 121 Å². The summed E-state index contributed by atoms with van der Waals surface area (Å²) in [7, 11) is -3.27. The van der Waals surface area contributed by atoms with Gasteiger partial charge in [0.25, 0.3) is 5.91 Å². The van der Waals surface area contributed by atoms with Crippen molar-refractivity contribution in [2.24, 2.45) is 0 Å². The van der Waals surface area contributed by atoms with Crippen LogP contribution in [0, 0.1) is 11.8 Å². The molecule has 2 aromatic carbocycles. The second-order valence-electron chi connectivity index (χ2n) is 8.41. The molecule has 0 spiro atoms. The van der Waals surface area contributed by atoms with Crippen molar-refractivity contribution < 1.29 is 18.3 Å². The Hall–Kier alpha value is -4.26. The first kappa shape index (κ1) is 22.5. The number of amides is 1. The molecule has 0 radical (unpaired) electrons. The summed E-state index contributed by atoms with van der Waals surface area (Å²) in [5.41, 5.74) is 1.41. The molecular weight excluding hydrogens is 464 g/mol. The van der Waals surface area contributed by atoms with Crippen LogP contribution in [0.3, 0.4) is 0 Å². The summed E-state index contributed by atoms with van der Waals surface area (Å²) < 4.78 is 23.3. The molecule has 1 atom stereocenters. The first-order chi connectivity index (χ1) is 16.6. The Kier molecular flexibility index (Phi) is 5.28. The van der Waals surface area contributed by atoms with Crippen molar-refractivity contribution in [1.29, 1.82) is 0 Å². The van der Waals surface area contributed by atoms with Crippen molar-refractivity contribution in [1.82, 2.24) is 9.97 Å². The van der Waals surface area contributed by atoms with Crippen molar-refractivity contribution >= 4 is 43.7 Å². The van der Waals surface area contributed by atoms with E-state index in [-0.39, 0.29) is 4.90 Å². The van der Waals surface area contributed by atoms with Crippen molar-refractivity contribution in [2.75, 3.05) is 16.9 Å². The zero-order chi connectivity index (χ0) is 24.8. The molecular formula is C26H20N4O4S. The highest BCUT2D eigenvalue weighted by atomic mass is 32.2. The minimum Gasteiger partial charge on any atom is -0.375 e. The van der Waals surface area contributed by atoms with E-state index in [1.165, 1.54) is 19.1 Å². The molecule has 1 aliphatic rings. The minimum absolute atomic E-state index is 0.242. The van der Waals surface area contributed by atoms with Gasteiger partial charge in [0.15, 0.2) is 15.4 Å². The molecule has 0 fully saturated rings. The number of nitrogens with one attached hydrogen (secondary N) is 2. The molecule has 4 aromatic rings. The van der Waals surface area contributed by atoms with Crippen LogP contribution in [-0.4, -0.2) is 35.7 Å². The van der Waals surface area contributed by atoms with Crippen LogP contribution in [0.1, 0.15) is 23.7 Å². The maximum absolute atomic E-state index is 12.0. The maximum atomic E-state index is 12.0. The van der Waals surface area contributed by atoms with Crippen LogP contribution in [-0.2, 0) is 20.2 Å². The SMILES string of the molecule is C[C@]1(O)C(=O)Nc2cc(C#Cc3nccc4cnc(Nc5ccc(S(C)(=O)=O)cc5)cc34)ccc21. The Morgan fingerprint density at radius 1 is 1.03 bits per heavy atom. The zero-order valence-corrected chi connectivity index (χ0v) is 19.6. The quantitative estimate of drug-likeness (QED) is 0.381. The first-order valence-corrected chi connectivity index (χ1v) is 12.5. The van der Waals surface area contributed by atoms with Crippen LogP contribution in [0.4, 0.5) is 17.2 Å². The third kappa shape index (κ3) is 4.33. The Morgan fingerprint density at radius 2 is 1.80 bits per heavy atom. The maximum Gasteiger partial charge on any atom is 0.260 e. The predicted molar refractivity (Wildman–Crippen MR) is 133 cm³/mol. The number of rotatable bonds is 3. The lowest BCUT2D eigenvalue weighted by molar-refractivity contribution is -0.131. The number of fused-ring (bicyclic) bond motifs is 2. The van der Waals surface area contributed by atoms with Gasteiger partial charge in [0.1, 0.15) is 11.5 Å². The lowest BCUT2D eigenvalue weighted by Gasteiger charge is -2.13. The summed E-state index contributed by atoms with van der Waals surface area (Å²) in [6.07, 6.45) is 4.53. The van der Waals surface area contributed by atoms with Crippen molar-refractivity contribution in [2.45, 2.75) is 17.4 Å². The van der Waals surface area contributed by atoms with Gasteiger partial charge in [0.05, 0.1) is 4.90 Å². The molecule has 1 aliphatic heterocycles. The summed E-state index contributed by atoms with van der Waals surface area (Å²) >= 11 is 0. The van der Waals surface area contributed by atoms with Gasteiger partial charge in [-0.1, -0.05) is 12.0 Å². The van der Waals surface area contributed by atoms with Gasteiger partial charge in [-0.3, -0.25) is 4.79 Å². The molecule has 0 aliphatic carbocycles. The van der Waals surface area contributed by atoms with Gasteiger partial charge in [-0.2, -0.15) is 0 Å². The highest BCUT2D eigenvalue weighted by molar-refractivity contribution is 7.90. The van der Waals surface area contributed by atoms with E-state index in [2.05, 4.69) is 32.4 Å². The Balaban J connectivity index is 1.45. The van der Waals surface area contributed by atoms with Crippen LogP contribution in [0.15, 0.2) is 71.9 Å².